The van der Waals surface area contributed by atoms with E-state index in [1.54, 1.807) is 18.4 Å². The van der Waals surface area contributed by atoms with E-state index in [2.05, 4.69) is 33.6 Å². The van der Waals surface area contributed by atoms with E-state index in [0.717, 1.165) is 49.2 Å². The van der Waals surface area contributed by atoms with Gasteiger partial charge in [-0.2, -0.15) is 0 Å². The Labute approximate surface area is 183 Å². The molecule has 1 heterocycles. The van der Waals surface area contributed by atoms with E-state index in [1.165, 1.54) is 22.7 Å². The molecule has 2 aromatic rings. The number of benzene rings is 1. The maximum atomic E-state index is 5.97. The third-order valence-corrected chi connectivity index (χ3v) is 5.60. The molecule has 1 aliphatic rings. The van der Waals surface area contributed by atoms with Crippen molar-refractivity contribution in [2.24, 2.45) is 10.9 Å². The Kier molecular flexibility index (Phi) is 9.33. The van der Waals surface area contributed by atoms with Crippen molar-refractivity contribution in [3.05, 3.63) is 45.9 Å². The second-order valence-corrected chi connectivity index (χ2v) is 7.74. The normalized spacial score (nSPS) is 13.8. The van der Waals surface area contributed by atoms with Gasteiger partial charge >= 0.3 is 0 Å². The minimum Gasteiger partial charge on any atom is -0.493 e. The van der Waals surface area contributed by atoms with Crippen LogP contribution in [0, 0.1) is 5.92 Å². The second-order valence-electron chi connectivity index (χ2n) is 6.54. The fraction of sp³-hybridized carbons (Fsp3) is 0.500. The number of hydrogen-bond donors (Lipinski definition) is 2. The lowest BCUT2D eigenvalue weighted by molar-refractivity contribution is 0.296. The van der Waals surface area contributed by atoms with Crippen molar-refractivity contribution in [2.45, 2.75) is 39.2 Å². The predicted molar refractivity (Wildman–Crippen MR) is 123 cm³/mol. The first-order valence-electron chi connectivity index (χ1n) is 9.37. The lowest BCUT2D eigenvalue weighted by Gasteiger charge is -2.14. The van der Waals surface area contributed by atoms with Crippen LogP contribution in [-0.2, 0) is 19.4 Å². The standard InChI is InChI=1S/C20H28N4OS.HI/c1-3-17-13-23-19(26-17)10-11-22-20(21-2)24-12-16-6-4-5-7-18(16)25-14-15-8-9-15;/h4-7,13,15H,3,8-12,14H2,1-2H3,(H2,21,22,24);1H. The molecule has 1 saturated carbocycles. The molecular formula is C20H29IN4OS. The minimum atomic E-state index is 0. The summed E-state index contributed by atoms with van der Waals surface area (Å²) >= 11 is 1.79. The molecular weight excluding hydrogens is 471 g/mol. The van der Waals surface area contributed by atoms with E-state index >= 15 is 0 Å². The molecule has 3 rings (SSSR count). The summed E-state index contributed by atoms with van der Waals surface area (Å²) in [5, 5.41) is 7.90. The van der Waals surface area contributed by atoms with Crippen LogP contribution >= 0.6 is 35.3 Å². The van der Waals surface area contributed by atoms with Gasteiger partial charge in [0.15, 0.2) is 5.96 Å². The third-order valence-electron chi connectivity index (χ3n) is 4.40. The monoisotopic (exact) mass is 500 g/mol. The number of rotatable bonds is 9. The molecule has 0 unspecified atom stereocenters. The highest BCUT2D eigenvalue weighted by atomic mass is 127. The number of halogens is 1. The summed E-state index contributed by atoms with van der Waals surface area (Å²) in [5.41, 5.74) is 1.16. The highest BCUT2D eigenvalue weighted by Gasteiger charge is 2.22. The fourth-order valence-corrected chi connectivity index (χ4v) is 3.46. The van der Waals surface area contributed by atoms with Crippen molar-refractivity contribution in [3.63, 3.8) is 0 Å². The largest absolute Gasteiger partial charge is 0.493 e. The van der Waals surface area contributed by atoms with Gasteiger partial charge in [-0.25, -0.2) is 4.98 Å². The number of nitrogens with one attached hydrogen (secondary N) is 2. The third kappa shape index (κ3) is 7.29. The van der Waals surface area contributed by atoms with E-state index in [4.69, 9.17) is 4.74 Å². The topological polar surface area (TPSA) is 58.5 Å². The van der Waals surface area contributed by atoms with Gasteiger partial charge in [0.1, 0.15) is 5.75 Å². The first kappa shape index (κ1) is 21.9. The minimum absolute atomic E-state index is 0. The predicted octanol–water partition coefficient (Wildman–Crippen LogP) is 4.02. The fourth-order valence-electron chi connectivity index (χ4n) is 2.60. The summed E-state index contributed by atoms with van der Waals surface area (Å²) in [5.74, 6) is 2.52. The van der Waals surface area contributed by atoms with Crippen LogP contribution in [0.4, 0.5) is 0 Å². The van der Waals surface area contributed by atoms with E-state index in [1.807, 2.05) is 24.4 Å². The molecule has 1 fully saturated rings. The molecule has 1 aromatic carbocycles. The van der Waals surface area contributed by atoms with Crippen molar-refractivity contribution in [2.75, 3.05) is 20.2 Å². The van der Waals surface area contributed by atoms with Crippen molar-refractivity contribution in [3.8, 4) is 5.75 Å². The summed E-state index contributed by atoms with van der Waals surface area (Å²) in [7, 11) is 1.80. The van der Waals surface area contributed by atoms with Crippen molar-refractivity contribution in [1.82, 2.24) is 15.6 Å². The zero-order valence-corrected chi connectivity index (χ0v) is 19.2. The van der Waals surface area contributed by atoms with Crippen LogP contribution in [0.1, 0.15) is 35.2 Å². The second kappa shape index (κ2) is 11.5. The first-order chi connectivity index (χ1) is 12.8. The van der Waals surface area contributed by atoms with Gasteiger partial charge in [-0.05, 0) is 31.2 Å². The SMILES string of the molecule is CCc1cnc(CCNC(=NC)NCc2ccccc2OCC2CC2)s1.I. The molecule has 148 valence electrons. The molecule has 0 atom stereocenters. The number of thiazole rings is 1. The molecule has 0 bridgehead atoms. The molecule has 0 amide bonds. The van der Waals surface area contributed by atoms with Gasteiger partial charge in [0.05, 0.1) is 11.6 Å². The van der Waals surface area contributed by atoms with Crippen LogP contribution in [0.5, 0.6) is 5.75 Å². The number of para-hydroxylation sites is 1. The van der Waals surface area contributed by atoms with E-state index in [9.17, 15) is 0 Å². The van der Waals surface area contributed by atoms with Gasteiger partial charge in [-0.15, -0.1) is 35.3 Å². The molecule has 1 aromatic heterocycles. The molecule has 0 aliphatic heterocycles. The van der Waals surface area contributed by atoms with Gasteiger partial charge in [0.25, 0.3) is 0 Å². The molecule has 0 saturated heterocycles. The van der Waals surface area contributed by atoms with Crippen LogP contribution in [0.3, 0.4) is 0 Å². The zero-order chi connectivity index (χ0) is 18.2. The Morgan fingerprint density at radius 3 is 2.81 bits per heavy atom. The first-order valence-corrected chi connectivity index (χ1v) is 10.2. The maximum absolute atomic E-state index is 5.97. The summed E-state index contributed by atoms with van der Waals surface area (Å²) in [6.45, 7) is 4.50. The van der Waals surface area contributed by atoms with Gasteiger partial charge < -0.3 is 15.4 Å². The van der Waals surface area contributed by atoms with E-state index < -0.39 is 0 Å². The Morgan fingerprint density at radius 2 is 2.11 bits per heavy atom. The Hall–Kier alpha value is -1.35. The van der Waals surface area contributed by atoms with Crippen LogP contribution < -0.4 is 15.4 Å². The smallest absolute Gasteiger partial charge is 0.191 e. The summed E-state index contributed by atoms with van der Waals surface area (Å²) in [6.07, 6.45) is 6.54. The molecule has 5 nitrogen and oxygen atoms in total. The Balaban J connectivity index is 0.00000261. The molecule has 1 aliphatic carbocycles. The lowest BCUT2D eigenvalue weighted by atomic mass is 10.2. The van der Waals surface area contributed by atoms with Crippen LogP contribution in [0.2, 0.25) is 0 Å². The molecule has 27 heavy (non-hydrogen) atoms. The number of guanidine groups is 1. The summed E-state index contributed by atoms with van der Waals surface area (Å²) < 4.78 is 5.97. The zero-order valence-electron chi connectivity index (χ0n) is 16.0. The van der Waals surface area contributed by atoms with Gasteiger partial charge in [0, 0.05) is 43.2 Å². The molecule has 0 spiro atoms. The van der Waals surface area contributed by atoms with Crippen molar-refractivity contribution < 1.29 is 4.74 Å². The Morgan fingerprint density at radius 1 is 1.30 bits per heavy atom. The average molecular weight is 500 g/mol. The van der Waals surface area contributed by atoms with Crippen LogP contribution in [-0.4, -0.2) is 31.1 Å². The number of nitrogens with zero attached hydrogens (tertiary/aromatic N) is 2. The number of aliphatic imine (C=N–C) groups is 1. The van der Waals surface area contributed by atoms with E-state index in [-0.39, 0.29) is 24.0 Å². The molecule has 0 radical (unpaired) electrons. The maximum Gasteiger partial charge on any atom is 0.191 e. The number of ether oxygens (including phenoxy) is 1. The lowest BCUT2D eigenvalue weighted by Crippen LogP contribution is -2.37. The summed E-state index contributed by atoms with van der Waals surface area (Å²) in [6, 6.07) is 8.22. The quantitative estimate of drug-likeness (QED) is 0.310. The van der Waals surface area contributed by atoms with Gasteiger partial charge in [0.2, 0.25) is 0 Å². The van der Waals surface area contributed by atoms with E-state index in [0.29, 0.717) is 6.54 Å². The highest BCUT2D eigenvalue weighted by Crippen LogP contribution is 2.30. The average Bonchev–Trinajstić information content (AvgIpc) is 3.40. The van der Waals surface area contributed by atoms with Crippen molar-refractivity contribution >= 4 is 41.3 Å². The van der Waals surface area contributed by atoms with Gasteiger partial charge in [-0.3, -0.25) is 4.99 Å². The van der Waals surface area contributed by atoms with Gasteiger partial charge in [-0.1, -0.05) is 25.1 Å². The molecule has 2 N–H and O–H groups in total. The molecule has 7 heteroatoms. The summed E-state index contributed by atoms with van der Waals surface area (Å²) in [4.78, 5) is 10.1. The Bertz CT molecular complexity index is 730. The number of aryl methyl sites for hydroxylation is 1. The number of hydrogen-bond acceptors (Lipinski definition) is 4. The number of aromatic nitrogens is 1. The van der Waals surface area contributed by atoms with Crippen LogP contribution in [0.25, 0.3) is 0 Å². The highest BCUT2D eigenvalue weighted by molar-refractivity contribution is 14.0. The van der Waals surface area contributed by atoms with Crippen LogP contribution in [0.15, 0.2) is 35.5 Å². The van der Waals surface area contributed by atoms with Crippen molar-refractivity contribution in [1.29, 1.82) is 0 Å².